The first-order valence-electron chi connectivity index (χ1n) is 27.3. The molecular formula is C62H98O6. The maximum atomic E-state index is 12.8. The zero-order valence-electron chi connectivity index (χ0n) is 43.6. The van der Waals surface area contributed by atoms with E-state index in [-0.39, 0.29) is 37.5 Å². The molecule has 6 nitrogen and oxygen atoms in total. The third-order valence-electron chi connectivity index (χ3n) is 11.0. The van der Waals surface area contributed by atoms with Crippen LogP contribution in [0.25, 0.3) is 0 Å². The molecule has 6 heteroatoms. The zero-order valence-corrected chi connectivity index (χ0v) is 43.6. The number of hydrogen-bond acceptors (Lipinski definition) is 6. The van der Waals surface area contributed by atoms with Gasteiger partial charge in [0.1, 0.15) is 13.2 Å². The molecule has 0 heterocycles. The van der Waals surface area contributed by atoms with Crippen LogP contribution in [0.5, 0.6) is 0 Å². The minimum atomic E-state index is -0.812. The largest absolute Gasteiger partial charge is 0.462 e. The van der Waals surface area contributed by atoms with Crippen LogP contribution in [0, 0.1) is 0 Å². The first-order valence-corrected chi connectivity index (χ1v) is 27.3. The lowest BCUT2D eigenvalue weighted by Gasteiger charge is -2.18. The Morgan fingerprint density at radius 2 is 0.603 bits per heavy atom. The standard InChI is InChI=1S/C62H98O6/c1-4-7-10-13-16-19-22-25-28-30-31-33-34-37-40-43-46-49-52-55-61(64)67-58-59(57-66-60(63)54-51-48-45-42-39-36-27-24-21-18-15-12-9-6-3)68-62(65)56-53-50-47-44-41-38-35-32-29-26-23-20-17-14-11-8-5-2/h7-12,14,16-21,23,25-26,28-29,32,35,38,41,59H,4-6,13,15,22,24,27,30-31,33-34,36-37,39-40,42-58H2,1-3H3/b10-7-,11-8-,12-9-,17-14-,19-16-,21-18-,23-20-,28-25-,29-26-,35-32+,41-38-. The first-order chi connectivity index (χ1) is 33.5. The lowest BCUT2D eigenvalue weighted by atomic mass is 10.1. The Balaban J connectivity index is 4.50. The molecule has 1 atom stereocenters. The fourth-order valence-corrected chi connectivity index (χ4v) is 7.05. The van der Waals surface area contributed by atoms with Crippen LogP contribution in [0.3, 0.4) is 0 Å². The smallest absolute Gasteiger partial charge is 0.306 e. The predicted octanol–water partition coefficient (Wildman–Crippen LogP) is 18.3. The second-order valence-corrected chi connectivity index (χ2v) is 17.5. The molecule has 1 unspecified atom stereocenters. The highest BCUT2D eigenvalue weighted by atomic mass is 16.6. The van der Waals surface area contributed by atoms with Crippen LogP contribution in [0.1, 0.15) is 220 Å². The second kappa shape index (κ2) is 55.1. The lowest BCUT2D eigenvalue weighted by molar-refractivity contribution is -0.167. The van der Waals surface area contributed by atoms with Gasteiger partial charge in [-0.2, -0.15) is 0 Å². The van der Waals surface area contributed by atoms with E-state index < -0.39 is 6.10 Å². The van der Waals surface area contributed by atoms with Crippen molar-refractivity contribution in [3.05, 3.63) is 134 Å². The summed E-state index contributed by atoms with van der Waals surface area (Å²) in [5.74, 6) is -0.970. The van der Waals surface area contributed by atoms with Gasteiger partial charge in [0.25, 0.3) is 0 Å². The van der Waals surface area contributed by atoms with Crippen LogP contribution in [0.2, 0.25) is 0 Å². The molecule has 0 aliphatic rings. The third-order valence-corrected chi connectivity index (χ3v) is 11.0. The molecule has 0 saturated heterocycles. The maximum absolute atomic E-state index is 12.8. The van der Waals surface area contributed by atoms with Crippen LogP contribution in [-0.4, -0.2) is 37.2 Å². The van der Waals surface area contributed by atoms with Crippen molar-refractivity contribution >= 4 is 17.9 Å². The summed E-state index contributed by atoms with van der Waals surface area (Å²) >= 11 is 0. The van der Waals surface area contributed by atoms with Crippen LogP contribution < -0.4 is 0 Å². The van der Waals surface area contributed by atoms with Gasteiger partial charge in [-0.1, -0.05) is 238 Å². The van der Waals surface area contributed by atoms with Crippen LogP contribution >= 0.6 is 0 Å². The van der Waals surface area contributed by atoms with E-state index in [0.29, 0.717) is 19.3 Å². The Labute approximate surface area is 417 Å². The van der Waals surface area contributed by atoms with E-state index in [9.17, 15) is 14.4 Å². The second-order valence-electron chi connectivity index (χ2n) is 17.5. The molecule has 0 radical (unpaired) electrons. The molecular weight excluding hydrogens is 841 g/mol. The number of esters is 3. The van der Waals surface area contributed by atoms with Gasteiger partial charge in [0.05, 0.1) is 0 Å². The molecule has 382 valence electrons. The molecule has 0 saturated carbocycles. The van der Waals surface area contributed by atoms with Gasteiger partial charge in [-0.25, -0.2) is 0 Å². The summed E-state index contributed by atoms with van der Waals surface area (Å²) in [5, 5.41) is 0. The van der Waals surface area contributed by atoms with E-state index in [1.165, 1.54) is 64.2 Å². The average molecular weight is 939 g/mol. The summed E-state index contributed by atoms with van der Waals surface area (Å²) in [5.41, 5.74) is 0. The normalized spacial score (nSPS) is 13.2. The van der Waals surface area contributed by atoms with Crippen molar-refractivity contribution in [2.75, 3.05) is 13.2 Å². The number of carbonyl (C=O) groups is 3. The van der Waals surface area contributed by atoms with Crippen molar-refractivity contribution in [3.63, 3.8) is 0 Å². The van der Waals surface area contributed by atoms with Crippen molar-refractivity contribution in [2.24, 2.45) is 0 Å². The number of hydrogen-bond donors (Lipinski definition) is 0. The molecule has 0 rings (SSSR count). The summed E-state index contributed by atoms with van der Waals surface area (Å²) in [6.07, 6.45) is 77.2. The molecule has 0 aromatic rings. The van der Waals surface area contributed by atoms with E-state index in [0.717, 1.165) is 109 Å². The number of unbranched alkanes of at least 4 members (excludes halogenated alkanes) is 19. The predicted molar refractivity (Wildman–Crippen MR) is 292 cm³/mol. The number of allylic oxidation sites excluding steroid dienone is 22. The number of ether oxygens (including phenoxy) is 3. The topological polar surface area (TPSA) is 78.9 Å². The van der Waals surface area contributed by atoms with Gasteiger partial charge in [0, 0.05) is 19.3 Å². The maximum Gasteiger partial charge on any atom is 0.306 e. The SMILES string of the molecule is CC\C=C/C=C\C=C/C=C\C=C\C=C/CCCCCC(=O)OC(COC(=O)CCCCCCCCC/C=C\C/C=C\CC)COC(=O)CCCCCCCCCCC/C=C\C/C=C\C/C=C\CC. The van der Waals surface area contributed by atoms with Gasteiger partial charge in [-0.3, -0.25) is 14.4 Å². The summed E-state index contributed by atoms with van der Waals surface area (Å²) in [6.45, 7) is 6.22. The first kappa shape index (κ1) is 63.5. The van der Waals surface area contributed by atoms with Crippen molar-refractivity contribution in [2.45, 2.75) is 226 Å². The number of carbonyl (C=O) groups excluding carboxylic acids is 3. The third kappa shape index (κ3) is 52.5. The van der Waals surface area contributed by atoms with Gasteiger partial charge < -0.3 is 14.2 Å². The van der Waals surface area contributed by atoms with E-state index in [2.05, 4.69) is 93.7 Å². The lowest BCUT2D eigenvalue weighted by Crippen LogP contribution is -2.30. The molecule has 0 aromatic carbocycles. The van der Waals surface area contributed by atoms with Crippen LogP contribution in [0.15, 0.2) is 134 Å². The zero-order chi connectivity index (χ0) is 49.3. The Bertz CT molecular complexity index is 1500. The molecule has 0 aliphatic carbocycles. The van der Waals surface area contributed by atoms with Gasteiger partial charge in [-0.05, 0) is 96.3 Å². The summed E-state index contributed by atoms with van der Waals surface area (Å²) in [4.78, 5) is 38.1. The summed E-state index contributed by atoms with van der Waals surface area (Å²) < 4.78 is 16.8. The van der Waals surface area contributed by atoms with Crippen molar-refractivity contribution < 1.29 is 28.6 Å². The minimum Gasteiger partial charge on any atom is -0.462 e. The van der Waals surface area contributed by atoms with E-state index in [1.807, 2.05) is 60.8 Å². The fourth-order valence-electron chi connectivity index (χ4n) is 7.05. The summed E-state index contributed by atoms with van der Waals surface area (Å²) in [7, 11) is 0. The van der Waals surface area contributed by atoms with Gasteiger partial charge in [0.2, 0.25) is 0 Å². The van der Waals surface area contributed by atoms with Gasteiger partial charge in [-0.15, -0.1) is 0 Å². The fraction of sp³-hybridized carbons (Fsp3) is 0.597. The minimum absolute atomic E-state index is 0.106. The van der Waals surface area contributed by atoms with Crippen LogP contribution in [0.4, 0.5) is 0 Å². The highest BCUT2D eigenvalue weighted by molar-refractivity contribution is 5.71. The van der Waals surface area contributed by atoms with Crippen LogP contribution in [-0.2, 0) is 28.6 Å². The van der Waals surface area contributed by atoms with E-state index >= 15 is 0 Å². The Morgan fingerprint density at radius 1 is 0.309 bits per heavy atom. The van der Waals surface area contributed by atoms with Crippen molar-refractivity contribution in [1.82, 2.24) is 0 Å². The Kier molecular flexibility index (Phi) is 51.5. The Morgan fingerprint density at radius 3 is 1.01 bits per heavy atom. The average Bonchev–Trinajstić information content (AvgIpc) is 3.34. The quantitative estimate of drug-likeness (QED) is 0.0199. The molecule has 0 bridgehead atoms. The molecule has 0 N–H and O–H groups in total. The monoisotopic (exact) mass is 939 g/mol. The Hall–Kier alpha value is -4.45. The molecule has 0 aliphatic heterocycles. The van der Waals surface area contributed by atoms with E-state index in [1.54, 1.807) is 0 Å². The van der Waals surface area contributed by atoms with Crippen molar-refractivity contribution in [3.8, 4) is 0 Å². The number of rotatable bonds is 47. The highest BCUT2D eigenvalue weighted by Crippen LogP contribution is 2.14. The molecule has 68 heavy (non-hydrogen) atoms. The molecule has 0 aromatic heterocycles. The summed E-state index contributed by atoms with van der Waals surface area (Å²) in [6, 6.07) is 0. The van der Waals surface area contributed by atoms with Crippen molar-refractivity contribution in [1.29, 1.82) is 0 Å². The molecule has 0 spiro atoms. The van der Waals surface area contributed by atoms with Gasteiger partial charge >= 0.3 is 17.9 Å². The van der Waals surface area contributed by atoms with Gasteiger partial charge in [0.15, 0.2) is 6.10 Å². The van der Waals surface area contributed by atoms with E-state index in [4.69, 9.17) is 14.2 Å². The highest BCUT2D eigenvalue weighted by Gasteiger charge is 2.19. The molecule has 0 amide bonds. The molecule has 0 fully saturated rings.